The Hall–Kier alpha value is -2.48. The molecule has 0 saturated heterocycles. The van der Waals surface area contributed by atoms with Crippen molar-refractivity contribution in [2.45, 2.75) is 5.16 Å². The molecular formula is C14H13FN4O2S. The van der Waals surface area contributed by atoms with Gasteiger partial charge in [-0.2, -0.15) is 0 Å². The number of furan rings is 1. The number of hydrogen-bond acceptors (Lipinski definition) is 6. The summed E-state index contributed by atoms with van der Waals surface area (Å²) in [6.45, 7) is 0.328. The topological polar surface area (TPSA) is 79.1 Å². The van der Waals surface area contributed by atoms with E-state index in [1.165, 1.54) is 22.5 Å². The van der Waals surface area contributed by atoms with Crippen molar-refractivity contribution < 1.29 is 13.5 Å². The fraction of sp³-hybridized carbons (Fsp3) is 0.143. The molecule has 22 heavy (non-hydrogen) atoms. The number of thioether (sulfide) groups is 1. The van der Waals surface area contributed by atoms with Gasteiger partial charge in [-0.1, -0.05) is 23.9 Å². The van der Waals surface area contributed by atoms with Crippen LogP contribution in [0.4, 0.5) is 4.39 Å². The zero-order valence-electron chi connectivity index (χ0n) is 11.5. The van der Waals surface area contributed by atoms with E-state index in [0.717, 1.165) is 0 Å². The number of nitrogens with two attached hydrogens (primary N) is 1. The number of para-hydroxylation sites is 1. The molecule has 3 aromatic rings. The Morgan fingerprint density at radius 3 is 2.86 bits per heavy atom. The summed E-state index contributed by atoms with van der Waals surface area (Å²) in [6.07, 6.45) is 1.54. The van der Waals surface area contributed by atoms with Gasteiger partial charge in [0, 0.05) is 5.75 Å². The van der Waals surface area contributed by atoms with Crippen LogP contribution in [0.3, 0.4) is 0 Å². The average Bonchev–Trinajstić information content (AvgIpc) is 3.15. The third-order valence-electron chi connectivity index (χ3n) is 2.81. The predicted octanol–water partition coefficient (Wildman–Crippen LogP) is 2.56. The minimum atomic E-state index is -0.380. The molecule has 0 aliphatic rings. The van der Waals surface area contributed by atoms with E-state index in [2.05, 4.69) is 10.2 Å². The number of aromatic nitrogens is 3. The van der Waals surface area contributed by atoms with E-state index in [0.29, 0.717) is 29.1 Å². The second-order valence-corrected chi connectivity index (χ2v) is 5.34. The van der Waals surface area contributed by atoms with Crippen LogP contribution in [-0.2, 0) is 0 Å². The quantitative estimate of drug-likeness (QED) is 0.427. The second kappa shape index (κ2) is 6.52. The summed E-state index contributed by atoms with van der Waals surface area (Å²) in [6, 6.07) is 9.78. The summed E-state index contributed by atoms with van der Waals surface area (Å²) in [5, 5.41) is 8.51. The highest BCUT2D eigenvalue weighted by molar-refractivity contribution is 7.99. The fourth-order valence-corrected chi connectivity index (χ4v) is 2.47. The highest BCUT2D eigenvalue weighted by Gasteiger charge is 2.14. The smallest absolute Gasteiger partial charge is 0.218 e. The van der Waals surface area contributed by atoms with E-state index in [1.807, 2.05) is 0 Å². The van der Waals surface area contributed by atoms with E-state index in [9.17, 15) is 4.39 Å². The molecule has 0 amide bonds. The second-order valence-electron chi connectivity index (χ2n) is 4.28. The van der Waals surface area contributed by atoms with E-state index < -0.39 is 0 Å². The maximum atomic E-state index is 13.4. The van der Waals surface area contributed by atoms with Crippen LogP contribution in [0, 0.1) is 5.82 Å². The Morgan fingerprint density at radius 1 is 1.23 bits per heavy atom. The maximum absolute atomic E-state index is 13.4. The van der Waals surface area contributed by atoms with Crippen molar-refractivity contribution >= 4 is 11.8 Å². The third-order valence-corrected chi connectivity index (χ3v) is 3.72. The molecule has 0 aliphatic heterocycles. The molecule has 0 aliphatic carbocycles. The van der Waals surface area contributed by atoms with Gasteiger partial charge >= 0.3 is 0 Å². The van der Waals surface area contributed by atoms with Crippen molar-refractivity contribution in [3.8, 4) is 17.3 Å². The van der Waals surface area contributed by atoms with Gasteiger partial charge in [0.2, 0.25) is 11.0 Å². The molecule has 0 bridgehead atoms. The zero-order chi connectivity index (χ0) is 15.4. The Kier molecular flexibility index (Phi) is 4.29. The molecule has 1 aromatic carbocycles. The van der Waals surface area contributed by atoms with Gasteiger partial charge in [0.15, 0.2) is 17.3 Å². The molecule has 0 unspecified atom stereocenters. The lowest BCUT2D eigenvalue weighted by Crippen LogP contribution is -2.12. The van der Waals surface area contributed by atoms with Gasteiger partial charge in [0.05, 0.1) is 12.9 Å². The van der Waals surface area contributed by atoms with Gasteiger partial charge in [0.25, 0.3) is 0 Å². The molecule has 3 rings (SSSR count). The highest BCUT2D eigenvalue weighted by atomic mass is 32.2. The van der Waals surface area contributed by atoms with Crippen LogP contribution >= 0.6 is 11.8 Å². The first-order chi connectivity index (χ1) is 10.8. The van der Waals surface area contributed by atoms with Crippen LogP contribution in [0.5, 0.6) is 5.75 Å². The van der Waals surface area contributed by atoms with Gasteiger partial charge in [-0.25, -0.2) is 9.07 Å². The first-order valence-electron chi connectivity index (χ1n) is 6.50. The van der Waals surface area contributed by atoms with Crippen molar-refractivity contribution in [3.05, 3.63) is 48.5 Å². The fourth-order valence-electron chi connectivity index (χ4n) is 1.80. The van der Waals surface area contributed by atoms with Crippen LogP contribution in [0.2, 0.25) is 0 Å². The summed E-state index contributed by atoms with van der Waals surface area (Å²) < 4.78 is 25.3. The molecule has 2 N–H and O–H groups in total. The van der Waals surface area contributed by atoms with E-state index >= 15 is 0 Å². The molecule has 0 saturated carbocycles. The molecule has 2 heterocycles. The molecule has 114 valence electrons. The van der Waals surface area contributed by atoms with Gasteiger partial charge in [-0.15, -0.1) is 10.2 Å². The van der Waals surface area contributed by atoms with Gasteiger partial charge < -0.3 is 15.0 Å². The molecular weight excluding hydrogens is 307 g/mol. The van der Waals surface area contributed by atoms with Crippen LogP contribution in [0.1, 0.15) is 0 Å². The molecule has 0 radical (unpaired) electrons. The zero-order valence-corrected chi connectivity index (χ0v) is 12.3. The average molecular weight is 320 g/mol. The Morgan fingerprint density at radius 2 is 2.09 bits per heavy atom. The molecule has 0 atom stereocenters. The number of rotatable bonds is 6. The first-order valence-corrected chi connectivity index (χ1v) is 7.49. The number of halogens is 1. The van der Waals surface area contributed by atoms with Crippen molar-refractivity contribution in [2.24, 2.45) is 0 Å². The monoisotopic (exact) mass is 320 g/mol. The van der Waals surface area contributed by atoms with Crippen LogP contribution in [0.15, 0.2) is 52.2 Å². The van der Waals surface area contributed by atoms with E-state index in [4.69, 9.17) is 15.0 Å². The molecule has 6 nitrogen and oxygen atoms in total. The van der Waals surface area contributed by atoms with Crippen molar-refractivity contribution in [3.63, 3.8) is 0 Å². The van der Waals surface area contributed by atoms with Crippen molar-refractivity contribution in [1.82, 2.24) is 14.9 Å². The number of hydrogen-bond donors (Lipinski definition) is 1. The van der Waals surface area contributed by atoms with Crippen molar-refractivity contribution in [2.75, 3.05) is 18.2 Å². The lowest BCUT2D eigenvalue weighted by atomic mass is 10.3. The number of nitrogen functional groups attached to an aromatic ring is 1. The minimum Gasteiger partial charge on any atom is -0.490 e. The van der Waals surface area contributed by atoms with Crippen LogP contribution in [-0.4, -0.2) is 27.2 Å². The predicted molar refractivity (Wildman–Crippen MR) is 80.5 cm³/mol. The third kappa shape index (κ3) is 3.06. The molecule has 0 fully saturated rings. The lowest BCUT2D eigenvalue weighted by molar-refractivity contribution is 0.325. The van der Waals surface area contributed by atoms with Crippen LogP contribution in [0.25, 0.3) is 11.6 Å². The summed E-state index contributed by atoms with van der Waals surface area (Å²) in [5.41, 5.74) is 0. The standard InChI is InChI=1S/C14H13FN4O2S/c15-10-4-1-2-5-11(10)21-8-9-22-14-18-17-13(19(14)16)12-6-3-7-20-12/h1-7H,8-9,16H2. The number of ether oxygens (including phenoxy) is 1. The first kappa shape index (κ1) is 14.5. The summed E-state index contributed by atoms with van der Waals surface area (Å²) in [4.78, 5) is 0. The number of benzene rings is 1. The summed E-state index contributed by atoms with van der Waals surface area (Å²) in [7, 11) is 0. The Labute approximate surface area is 130 Å². The Balaban J connectivity index is 1.55. The van der Waals surface area contributed by atoms with Crippen molar-refractivity contribution in [1.29, 1.82) is 0 Å². The van der Waals surface area contributed by atoms with Gasteiger partial charge in [-0.05, 0) is 24.3 Å². The number of nitrogens with zero attached hydrogens (tertiary/aromatic N) is 3. The van der Waals surface area contributed by atoms with E-state index in [-0.39, 0.29) is 11.6 Å². The largest absolute Gasteiger partial charge is 0.490 e. The molecule has 0 spiro atoms. The lowest BCUT2D eigenvalue weighted by Gasteiger charge is -2.06. The maximum Gasteiger partial charge on any atom is 0.218 e. The summed E-state index contributed by atoms with van der Waals surface area (Å²) >= 11 is 1.37. The molecule has 2 aromatic heterocycles. The van der Waals surface area contributed by atoms with Gasteiger partial charge in [-0.3, -0.25) is 0 Å². The minimum absolute atomic E-state index is 0.230. The molecule has 8 heteroatoms. The van der Waals surface area contributed by atoms with E-state index in [1.54, 1.807) is 36.6 Å². The SMILES string of the molecule is Nn1c(SCCOc2ccccc2F)nnc1-c1ccco1. The van der Waals surface area contributed by atoms with Crippen LogP contribution < -0.4 is 10.6 Å². The highest BCUT2D eigenvalue weighted by Crippen LogP contribution is 2.22. The van der Waals surface area contributed by atoms with Gasteiger partial charge in [0.1, 0.15) is 0 Å². The normalized spacial score (nSPS) is 10.8. The Bertz CT molecular complexity index is 745. The summed E-state index contributed by atoms with van der Waals surface area (Å²) in [5.74, 6) is 7.32.